The van der Waals surface area contributed by atoms with Gasteiger partial charge in [0, 0.05) is 18.3 Å². The Kier molecular flexibility index (Phi) is 5.48. The van der Waals surface area contributed by atoms with Gasteiger partial charge in [-0.25, -0.2) is 18.7 Å². The second-order valence-corrected chi connectivity index (χ2v) is 5.55. The molecule has 0 saturated heterocycles. The lowest BCUT2D eigenvalue weighted by molar-refractivity contribution is 0.102. The Morgan fingerprint density at radius 2 is 1.58 bits per heavy atom. The largest absolute Gasteiger partial charge is 0.370 e. The van der Waals surface area contributed by atoms with Crippen molar-refractivity contribution in [1.29, 1.82) is 0 Å². The molecule has 0 spiro atoms. The molecule has 0 aliphatic carbocycles. The average Bonchev–Trinajstić information content (AvgIpc) is 2.65. The van der Waals surface area contributed by atoms with Crippen LogP contribution in [-0.4, -0.2) is 22.4 Å². The van der Waals surface area contributed by atoms with Gasteiger partial charge >= 0.3 is 0 Å². The highest BCUT2D eigenvalue weighted by atomic mass is 19.1. The van der Waals surface area contributed by atoms with Crippen molar-refractivity contribution in [1.82, 2.24) is 9.97 Å². The normalized spacial score (nSPS) is 10.4. The van der Waals surface area contributed by atoms with Gasteiger partial charge in [0.15, 0.2) is 0 Å². The third-order valence-corrected chi connectivity index (χ3v) is 3.63. The molecule has 0 aliphatic heterocycles. The van der Waals surface area contributed by atoms with Crippen molar-refractivity contribution in [3.05, 3.63) is 83.8 Å². The van der Waals surface area contributed by atoms with Crippen LogP contribution in [-0.2, 0) is 6.42 Å². The molecule has 0 radical (unpaired) electrons. The van der Waals surface area contributed by atoms with Gasteiger partial charge in [-0.15, -0.1) is 0 Å². The summed E-state index contributed by atoms with van der Waals surface area (Å²) in [6.45, 7) is 0.571. The van der Waals surface area contributed by atoms with E-state index >= 15 is 0 Å². The second kappa shape index (κ2) is 8.15. The minimum Gasteiger partial charge on any atom is -0.370 e. The van der Waals surface area contributed by atoms with Crippen LogP contribution in [0.5, 0.6) is 0 Å². The number of rotatable bonds is 6. The SMILES string of the molecule is O=C(Nc1ccc(F)cc1)c1cc(NCCc2ccc(F)cc2)ncn1. The third-order valence-electron chi connectivity index (χ3n) is 3.63. The van der Waals surface area contributed by atoms with Crippen molar-refractivity contribution in [3.63, 3.8) is 0 Å². The van der Waals surface area contributed by atoms with Crippen molar-refractivity contribution >= 4 is 17.4 Å². The molecule has 1 heterocycles. The summed E-state index contributed by atoms with van der Waals surface area (Å²) in [5.41, 5.74) is 1.65. The smallest absolute Gasteiger partial charge is 0.274 e. The van der Waals surface area contributed by atoms with Gasteiger partial charge in [-0.1, -0.05) is 12.1 Å². The number of hydrogen-bond acceptors (Lipinski definition) is 4. The van der Waals surface area contributed by atoms with Crippen LogP contribution in [0.15, 0.2) is 60.9 Å². The first-order valence-electron chi connectivity index (χ1n) is 7.97. The van der Waals surface area contributed by atoms with Gasteiger partial charge in [-0.3, -0.25) is 4.79 Å². The highest BCUT2D eigenvalue weighted by Crippen LogP contribution is 2.11. The third kappa shape index (κ3) is 4.83. The van der Waals surface area contributed by atoms with Crippen LogP contribution in [0.4, 0.5) is 20.3 Å². The summed E-state index contributed by atoms with van der Waals surface area (Å²) in [7, 11) is 0. The molecule has 0 fully saturated rings. The highest BCUT2D eigenvalue weighted by Gasteiger charge is 2.09. The molecule has 2 aromatic carbocycles. The summed E-state index contributed by atoms with van der Waals surface area (Å²) < 4.78 is 25.8. The molecule has 0 atom stereocenters. The van der Waals surface area contributed by atoms with E-state index in [9.17, 15) is 13.6 Å². The van der Waals surface area contributed by atoms with E-state index in [0.29, 0.717) is 24.5 Å². The summed E-state index contributed by atoms with van der Waals surface area (Å²) in [5.74, 6) is -0.557. The van der Waals surface area contributed by atoms with Gasteiger partial charge in [-0.2, -0.15) is 0 Å². The molecule has 3 rings (SSSR count). The second-order valence-electron chi connectivity index (χ2n) is 5.55. The molecule has 1 aromatic heterocycles. The molecule has 26 heavy (non-hydrogen) atoms. The maximum absolute atomic E-state index is 12.9. The number of halogens is 2. The molecule has 3 aromatic rings. The number of hydrogen-bond donors (Lipinski definition) is 2. The van der Waals surface area contributed by atoms with E-state index in [1.54, 1.807) is 12.1 Å². The minimum absolute atomic E-state index is 0.189. The average molecular weight is 354 g/mol. The van der Waals surface area contributed by atoms with Gasteiger partial charge in [0.05, 0.1) is 0 Å². The van der Waals surface area contributed by atoms with E-state index in [2.05, 4.69) is 20.6 Å². The van der Waals surface area contributed by atoms with E-state index in [4.69, 9.17) is 0 Å². The number of nitrogens with one attached hydrogen (secondary N) is 2. The Morgan fingerprint density at radius 3 is 2.27 bits per heavy atom. The summed E-state index contributed by atoms with van der Waals surface area (Å²) >= 11 is 0. The van der Waals surface area contributed by atoms with Crippen LogP contribution in [0, 0.1) is 11.6 Å². The number of carbonyl (C=O) groups is 1. The van der Waals surface area contributed by atoms with Gasteiger partial charge in [0.25, 0.3) is 5.91 Å². The molecular formula is C19H16F2N4O. The van der Waals surface area contributed by atoms with Gasteiger partial charge < -0.3 is 10.6 Å². The number of amides is 1. The summed E-state index contributed by atoms with van der Waals surface area (Å²) in [6.07, 6.45) is 1.97. The molecule has 0 saturated carbocycles. The van der Waals surface area contributed by atoms with Crippen LogP contribution in [0.3, 0.4) is 0 Å². The number of carbonyl (C=O) groups excluding carboxylic acids is 1. The van der Waals surface area contributed by atoms with Crippen molar-refractivity contribution < 1.29 is 13.6 Å². The van der Waals surface area contributed by atoms with Gasteiger partial charge in [0.1, 0.15) is 29.5 Å². The van der Waals surface area contributed by atoms with E-state index < -0.39 is 5.91 Å². The van der Waals surface area contributed by atoms with Crippen LogP contribution in [0.2, 0.25) is 0 Å². The van der Waals surface area contributed by atoms with Crippen LogP contribution in [0.1, 0.15) is 16.1 Å². The molecule has 1 amide bonds. The molecule has 0 bridgehead atoms. The van der Waals surface area contributed by atoms with Gasteiger partial charge in [-0.05, 0) is 48.4 Å². The number of nitrogens with zero attached hydrogens (tertiary/aromatic N) is 2. The number of benzene rings is 2. The fraction of sp³-hybridized carbons (Fsp3) is 0.105. The highest BCUT2D eigenvalue weighted by molar-refractivity contribution is 6.03. The molecule has 0 unspecified atom stereocenters. The van der Waals surface area contributed by atoms with Crippen molar-refractivity contribution in [2.75, 3.05) is 17.2 Å². The zero-order valence-electron chi connectivity index (χ0n) is 13.7. The fourth-order valence-electron chi connectivity index (χ4n) is 2.29. The molecule has 132 valence electrons. The summed E-state index contributed by atoms with van der Waals surface area (Å²) in [6, 6.07) is 13.3. The van der Waals surface area contributed by atoms with Crippen LogP contribution in [0.25, 0.3) is 0 Å². The maximum Gasteiger partial charge on any atom is 0.274 e. The Morgan fingerprint density at radius 1 is 0.923 bits per heavy atom. The van der Waals surface area contributed by atoms with E-state index in [0.717, 1.165) is 5.56 Å². The predicted octanol–water partition coefficient (Wildman–Crippen LogP) is 3.66. The van der Waals surface area contributed by atoms with Crippen molar-refractivity contribution in [2.24, 2.45) is 0 Å². The lowest BCUT2D eigenvalue weighted by Crippen LogP contribution is -2.15. The zero-order valence-corrected chi connectivity index (χ0v) is 13.7. The lowest BCUT2D eigenvalue weighted by atomic mass is 10.1. The monoisotopic (exact) mass is 354 g/mol. The zero-order chi connectivity index (χ0) is 18.4. The standard InChI is InChI=1S/C19H16F2N4O/c20-14-3-1-13(2-4-14)9-10-22-18-11-17(23-12-24-18)19(26)25-16-7-5-15(21)6-8-16/h1-8,11-12H,9-10H2,(H,25,26)(H,22,23,24). The van der Waals surface area contributed by atoms with E-state index in [1.807, 2.05) is 0 Å². The first-order chi connectivity index (χ1) is 12.6. The Labute approximate surface area is 149 Å². The maximum atomic E-state index is 12.9. The van der Waals surface area contributed by atoms with Crippen LogP contribution < -0.4 is 10.6 Å². The Hall–Kier alpha value is -3.35. The number of anilines is 2. The lowest BCUT2D eigenvalue weighted by Gasteiger charge is -2.08. The molecule has 7 heteroatoms. The van der Waals surface area contributed by atoms with Crippen LogP contribution >= 0.6 is 0 Å². The summed E-state index contributed by atoms with van der Waals surface area (Å²) in [4.78, 5) is 20.2. The fourth-order valence-corrected chi connectivity index (χ4v) is 2.29. The van der Waals surface area contributed by atoms with Gasteiger partial charge in [0.2, 0.25) is 0 Å². The van der Waals surface area contributed by atoms with E-state index in [1.165, 1.54) is 48.8 Å². The Balaban J connectivity index is 1.57. The number of aromatic nitrogens is 2. The Bertz CT molecular complexity index is 883. The molecule has 5 nitrogen and oxygen atoms in total. The van der Waals surface area contributed by atoms with Crippen molar-refractivity contribution in [2.45, 2.75) is 6.42 Å². The molecule has 0 aliphatic rings. The quantitative estimate of drug-likeness (QED) is 0.709. The first kappa shape index (κ1) is 17.5. The molecule has 2 N–H and O–H groups in total. The topological polar surface area (TPSA) is 66.9 Å². The van der Waals surface area contributed by atoms with Crippen molar-refractivity contribution in [3.8, 4) is 0 Å². The van der Waals surface area contributed by atoms with E-state index in [-0.39, 0.29) is 17.3 Å². The first-order valence-corrected chi connectivity index (χ1v) is 7.97. The molecular weight excluding hydrogens is 338 g/mol. The minimum atomic E-state index is -0.416. The summed E-state index contributed by atoms with van der Waals surface area (Å²) in [5, 5.41) is 5.74. The predicted molar refractivity (Wildman–Crippen MR) is 95.0 cm³/mol.